The number of carbonyl (C=O) groups is 1. The Labute approximate surface area is 150 Å². The molecule has 5 nitrogen and oxygen atoms in total. The number of aliphatic hydroxyl groups excluding tert-OH is 2. The van der Waals surface area contributed by atoms with E-state index in [1.807, 2.05) is 0 Å². The Balaban J connectivity index is 1.61. The molecule has 4 rings (SSSR count). The first-order chi connectivity index (χ1) is 11.9. The molecule has 0 aromatic rings. The Morgan fingerprint density at radius 1 is 1.36 bits per heavy atom. The Hall–Kier alpha value is -0.650. The van der Waals surface area contributed by atoms with Gasteiger partial charge in [0.2, 0.25) is 0 Å². The molecule has 4 aliphatic rings. The summed E-state index contributed by atoms with van der Waals surface area (Å²) in [6.07, 6.45) is 5.87. The van der Waals surface area contributed by atoms with Crippen LogP contribution in [-0.4, -0.2) is 47.7 Å². The van der Waals surface area contributed by atoms with Crippen LogP contribution in [0.25, 0.3) is 0 Å². The first-order valence-corrected chi connectivity index (χ1v) is 9.96. The standard InChI is InChI=1S/C20H32O5/c1-13-8-16(22)20(11-21)15(4-3-6-19(20)12-25-19)18(13,2)7-5-14-9-17(23)24-10-14/h13-16,21-22H,3-12H2,1-2H3/t13-,14+,15-,16+,18+,19+,20+/m1/s1. The van der Waals surface area contributed by atoms with Gasteiger partial charge in [0.15, 0.2) is 0 Å². The van der Waals surface area contributed by atoms with E-state index in [4.69, 9.17) is 9.47 Å². The first kappa shape index (κ1) is 17.7. The van der Waals surface area contributed by atoms with Crippen LogP contribution in [-0.2, 0) is 14.3 Å². The molecule has 0 unspecified atom stereocenters. The van der Waals surface area contributed by atoms with Gasteiger partial charge < -0.3 is 19.7 Å². The van der Waals surface area contributed by atoms with Crippen LogP contribution in [0.15, 0.2) is 0 Å². The van der Waals surface area contributed by atoms with Crippen molar-refractivity contribution in [1.29, 1.82) is 0 Å². The maximum Gasteiger partial charge on any atom is 0.306 e. The van der Waals surface area contributed by atoms with Crippen molar-refractivity contribution in [3.63, 3.8) is 0 Å². The van der Waals surface area contributed by atoms with Gasteiger partial charge in [-0.25, -0.2) is 0 Å². The van der Waals surface area contributed by atoms with Gasteiger partial charge in [0, 0.05) is 5.92 Å². The van der Waals surface area contributed by atoms with Crippen molar-refractivity contribution in [3.8, 4) is 0 Å². The molecule has 0 aromatic heterocycles. The van der Waals surface area contributed by atoms with Gasteiger partial charge in [0.25, 0.3) is 0 Å². The van der Waals surface area contributed by atoms with Crippen LogP contribution in [0.3, 0.4) is 0 Å². The quantitative estimate of drug-likeness (QED) is 0.599. The zero-order valence-corrected chi connectivity index (χ0v) is 15.5. The van der Waals surface area contributed by atoms with Crippen LogP contribution in [0, 0.1) is 28.6 Å². The molecule has 2 saturated heterocycles. The van der Waals surface area contributed by atoms with Crippen molar-refractivity contribution >= 4 is 5.97 Å². The smallest absolute Gasteiger partial charge is 0.306 e. The molecule has 0 bridgehead atoms. The number of fused-ring (bicyclic) bond motifs is 2. The van der Waals surface area contributed by atoms with E-state index >= 15 is 0 Å². The molecular weight excluding hydrogens is 320 g/mol. The fourth-order valence-electron chi connectivity index (χ4n) is 6.56. The molecule has 25 heavy (non-hydrogen) atoms. The average molecular weight is 352 g/mol. The van der Waals surface area contributed by atoms with Gasteiger partial charge in [-0.15, -0.1) is 0 Å². The highest BCUT2D eigenvalue weighted by atomic mass is 16.6. The summed E-state index contributed by atoms with van der Waals surface area (Å²) in [6.45, 7) is 5.82. The van der Waals surface area contributed by atoms with Gasteiger partial charge in [-0.1, -0.05) is 20.3 Å². The predicted molar refractivity (Wildman–Crippen MR) is 91.7 cm³/mol. The van der Waals surface area contributed by atoms with E-state index in [-0.39, 0.29) is 29.5 Å². The molecule has 0 amide bonds. The Morgan fingerprint density at radius 2 is 2.12 bits per heavy atom. The third-order valence-electron chi connectivity index (χ3n) is 8.42. The van der Waals surface area contributed by atoms with E-state index < -0.39 is 11.5 Å². The normalized spacial score (nSPS) is 52.1. The van der Waals surface area contributed by atoms with Crippen molar-refractivity contribution in [2.24, 2.45) is 28.6 Å². The molecule has 2 aliphatic heterocycles. The number of ether oxygens (including phenoxy) is 2. The Kier molecular flexibility index (Phi) is 4.21. The van der Waals surface area contributed by atoms with Gasteiger partial charge >= 0.3 is 5.97 Å². The molecule has 0 aromatic carbocycles. The third-order valence-corrected chi connectivity index (χ3v) is 8.42. The van der Waals surface area contributed by atoms with Crippen molar-refractivity contribution in [2.45, 2.75) is 70.5 Å². The highest BCUT2D eigenvalue weighted by Crippen LogP contribution is 2.68. The molecule has 5 heteroatoms. The summed E-state index contributed by atoms with van der Waals surface area (Å²) in [5.74, 6) is 0.897. The fraction of sp³-hybridized carbons (Fsp3) is 0.950. The van der Waals surface area contributed by atoms with Crippen molar-refractivity contribution in [3.05, 3.63) is 0 Å². The Morgan fingerprint density at radius 3 is 2.72 bits per heavy atom. The second-order valence-corrected chi connectivity index (χ2v) is 9.38. The van der Waals surface area contributed by atoms with Crippen LogP contribution < -0.4 is 0 Å². The zero-order chi connectivity index (χ0) is 17.9. The molecule has 2 saturated carbocycles. The van der Waals surface area contributed by atoms with Gasteiger partial charge in [0.05, 0.1) is 37.8 Å². The van der Waals surface area contributed by atoms with Gasteiger partial charge in [0.1, 0.15) is 5.60 Å². The van der Waals surface area contributed by atoms with E-state index in [0.717, 1.165) is 38.5 Å². The summed E-state index contributed by atoms with van der Waals surface area (Å²) in [6, 6.07) is 0. The maximum absolute atomic E-state index is 11.4. The molecule has 4 fully saturated rings. The minimum Gasteiger partial charge on any atom is -0.465 e. The molecule has 7 atom stereocenters. The monoisotopic (exact) mass is 352 g/mol. The number of aliphatic hydroxyl groups is 2. The first-order valence-electron chi connectivity index (χ1n) is 9.96. The minimum atomic E-state index is -0.519. The lowest BCUT2D eigenvalue weighted by atomic mass is 9.43. The third kappa shape index (κ3) is 2.42. The summed E-state index contributed by atoms with van der Waals surface area (Å²) in [7, 11) is 0. The summed E-state index contributed by atoms with van der Waals surface area (Å²) in [5, 5.41) is 21.5. The topological polar surface area (TPSA) is 79.3 Å². The van der Waals surface area contributed by atoms with Gasteiger partial charge in [-0.3, -0.25) is 4.79 Å². The highest BCUT2D eigenvalue weighted by Gasteiger charge is 2.73. The van der Waals surface area contributed by atoms with E-state index in [1.165, 1.54) is 0 Å². The molecular formula is C20H32O5. The van der Waals surface area contributed by atoms with E-state index in [0.29, 0.717) is 31.5 Å². The number of hydrogen-bond donors (Lipinski definition) is 2. The van der Waals surface area contributed by atoms with Gasteiger partial charge in [-0.2, -0.15) is 0 Å². The van der Waals surface area contributed by atoms with Gasteiger partial charge in [-0.05, 0) is 49.4 Å². The highest BCUT2D eigenvalue weighted by molar-refractivity contribution is 5.71. The lowest BCUT2D eigenvalue weighted by Crippen LogP contribution is -2.66. The van der Waals surface area contributed by atoms with Crippen molar-refractivity contribution in [2.75, 3.05) is 19.8 Å². The van der Waals surface area contributed by atoms with E-state index in [9.17, 15) is 15.0 Å². The fourth-order valence-corrected chi connectivity index (χ4v) is 6.56. The molecule has 2 aliphatic carbocycles. The summed E-state index contributed by atoms with van der Waals surface area (Å²) >= 11 is 0. The maximum atomic E-state index is 11.4. The Bertz CT molecular complexity index is 544. The SMILES string of the molecule is C[C@@H]1C[C@H](O)[C@]2(CO)[C@H](CCC[C@]23CO3)[C@@]1(C)CC[C@@H]1COC(=O)C1. The predicted octanol–water partition coefficient (Wildman–Crippen LogP) is 2.28. The summed E-state index contributed by atoms with van der Waals surface area (Å²) in [5.41, 5.74) is -0.778. The van der Waals surface area contributed by atoms with E-state index in [2.05, 4.69) is 13.8 Å². The van der Waals surface area contributed by atoms with Crippen LogP contribution in [0.4, 0.5) is 0 Å². The molecule has 2 N–H and O–H groups in total. The van der Waals surface area contributed by atoms with Crippen molar-refractivity contribution < 1.29 is 24.5 Å². The molecule has 1 spiro atoms. The second kappa shape index (κ2) is 5.93. The zero-order valence-electron chi connectivity index (χ0n) is 15.5. The number of esters is 1. The van der Waals surface area contributed by atoms with Crippen LogP contribution >= 0.6 is 0 Å². The minimum absolute atomic E-state index is 0.00612. The second-order valence-electron chi connectivity index (χ2n) is 9.38. The molecule has 142 valence electrons. The van der Waals surface area contributed by atoms with Crippen LogP contribution in [0.2, 0.25) is 0 Å². The largest absolute Gasteiger partial charge is 0.465 e. The lowest BCUT2D eigenvalue weighted by Gasteiger charge is -2.62. The molecule has 0 radical (unpaired) electrons. The number of cyclic esters (lactones) is 1. The summed E-state index contributed by atoms with van der Waals surface area (Å²) in [4.78, 5) is 11.4. The lowest BCUT2D eigenvalue weighted by molar-refractivity contribution is -0.212. The van der Waals surface area contributed by atoms with Crippen molar-refractivity contribution in [1.82, 2.24) is 0 Å². The summed E-state index contributed by atoms with van der Waals surface area (Å²) < 4.78 is 11.0. The van der Waals surface area contributed by atoms with Crippen LogP contribution in [0.1, 0.15) is 58.8 Å². The average Bonchev–Trinajstić information content (AvgIpc) is 3.23. The number of epoxide rings is 1. The van der Waals surface area contributed by atoms with E-state index in [1.54, 1.807) is 0 Å². The number of hydrogen-bond acceptors (Lipinski definition) is 5. The number of carbonyl (C=O) groups excluding carboxylic acids is 1. The molecule has 2 heterocycles. The number of rotatable bonds is 4. The van der Waals surface area contributed by atoms with Crippen LogP contribution in [0.5, 0.6) is 0 Å².